The highest BCUT2D eigenvalue weighted by Crippen LogP contribution is 2.15. The van der Waals surface area contributed by atoms with Crippen LogP contribution in [0.3, 0.4) is 0 Å². The van der Waals surface area contributed by atoms with Gasteiger partial charge >= 0.3 is 0 Å². The molecule has 0 unspecified atom stereocenters. The van der Waals surface area contributed by atoms with Gasteiger partial charge in [0.1, 0.15) is 0 Å². The van der Waals surface area contributed by atoms with Gasteiger partial charge in [-0.3, -0.25) is 9.78 Å². The molecule has 2 N–H and O–H groups in total. The summed E-state index contributed by atoms with van der Waals surface area (Å²) in [5.74, 6) is -0.0618. The molecule has 0 aliphatic carbocycles. The van der Waals surface area contributed by atoms with Crippen molar-refractivity contribution >= 4 is 11.6 Å². The van der Waals surface area contributed by atoms with Crippen molar-refractivity contribution < 1.29 is 4.79 Å². The van der Waals surface area contributed by atoms with Crippen LogP contribution in [0.5, 0.6) is 0 Å². The average molecular weight is 292 g/mol. The van der Waals surface area contributed by atoms with Crippen LogP contribution in [0.15, 0.2) is 12.3 Å². The van der Waals surface area contributed by atoms with Crippen LogP contribution in [0.25, 0.3) is 0 Å². The molecule has 1 heterocycles. The van der Waals surface area contributed by atoms with Crippen molar-refractivity contribution in [2.24, 2.45) is 0 Å². The van der Waals surface area contributed by atoms with E-state index in [1.807, 2.05) is 13.0 Å². The van der Waals surface area contributed by atoms with Crippen molar-refractivity contribution in [1.82, 2.24) is 15.2 Å². The summed E-state index contributed by atoms with van der Waals surface area (Å²) in [6, 6.07) is 1.93. The number of hydrogen-bond acceptors (Lipinski definition) is 4. The molecule has 0 bridgehead atoms. The maximum Gasteiger partial charge on any atom is 0.254 e. The number of nitrogens with zero attached hydrogens (tertiary/aromatic N) is 2. The molecule has 1 amide bonds. The van der Waals surface area contributed by atoms with Crippen molar-refractivity contribution in [2.75, 3.05) is 38.0 Å². The van der Waals surface area contributed by atoms with Gasteiger partial charge in [-0.05, 0) is 32.5 Å². The molecule has 118 valence electrons. The van der Waals surface area contributed by atoms with Crippen LogP contribution in [0.4, 0.5) is 5.69 Å². The first kappa shape index (κ1) is 17.4. The molecular formula is C16H28N4O. The Hall–Kier alpha value is -1.62. The molecule has 0 radical (unpaired) electrons. The van der Waals surface area contributed by atoms with E-state index in [1.54, 1.807) is 6.20 Å². The second kappa shape index (κ2) is 9.34. The van der Waals surface area contributed by atoms with Gasteiger partial charge in [-0.2, -0.15) is 0 Å². The molecule has 0 aromatic carbocycles. The number of pyridine rings is 1. The summed E-state index contributed by atoms with van der Waals surface area (Å²) >= 11 is 0. The Morgan fingerprint density at radius 3 is 2.57 bits per heavy atom. The first-order chi connectivity index (χ1) is 10.1. The highest BCUT2D eigenvalue weighted by molar-refractivity contribution is 5.99. The number of nitrogens with one attached hydrogen (secondary N) is 2. The van der Waals surface area contributed by atoms with Crippen molar-refractivity contribution in [3.8, 4) is 0 Å². The number of carbonyl (C=O) groups excluding carboxylic acids is 1. The second-order valence-electron chi connectivity index (χ2n) is 5.08. The van der Waals surface area contributed by atoms with Crippen LogP contribution >= 0.6 is 0 Å². The van der Waals surface area contributed by atoms with E-state index in [-0.39, 0.29) is 5.91 Å². The van der Waals surface area contributed by atoms with E-state index in [9.17, 15) is 4.79 Å². The summed E-state index contributed by atoms with van der Waals surface area (Å²) < 4.78 is 0. The first-order valence-electron chi connectivity index (χ1n) is 7.83. The third-order valence-electron chi connectivity index (χ3n) is 3.46. The molecule has 0 saturated carbocycles. The molecule has 5 nitrogen and oxygen atoms in total. The lowest BCUT2D eigenvalue weighted by molar-refractivity contribution is 0.0949. The minimum atomic E-state index is -0.0618. The molecule has 0 saturated heterocycles. The zero-order chi connectivity index (χ0) is 15.7. The Bertz CT molecular complexity index is 444. The number of carbonyl (C=O) groups is 1. The van der Waals surface area contributed by atoms with Crippen molar-refractivity contribution in [3.63, 3.8) is 0 Å². The Morgan fingerprint density at radius 1 is 1.24 bits per heavy atom. The standard InChI is InChI=1S/C16H28N4O/c1-5-8-17-15-11-13(4)19-12-14(15)16(21)18-9-10-20(6-2)7-3/h11-12H,5-10H2,1-4H3,(H,17,19)(H,18,21). The Balaban J connectivity index is 2.64. The van der Waals surface area contributed by atoms with Gasteiger partial charge in [-0.15, -0.1) is 0 Å². The van der Waals surface area contributed by atoms with Crippen LogP contribution in [0, 0.1) is 6.92 Å². The normalized spacial score (nSPS) is 10.7. The van der Waals surface area contributed by atoms with E-state index in [0.29, 0.717) is 12.1 Å². The molecule has 1 aromatic rings. The number of aryl methyl sites for hydroxylation is 1. The van der Waals surface area contributed by atoms with E-state index in [2.05, 4.69) is 41.3 Å². The lowest BCUT2D eigenvalue weighted by Gasteiger charge is -2.18. The third-order valence-corrected chi connectivity index (χ3v) is 3.46. The van der Waals surface area contributed by atoms with Crippen molar-refractivity contribution in [3.05, 3.63) is 23.5 Å². The maximum absolute atomic E-state index is 12.3. The Labute approximate surface area is 128 Å². The number of likely N-dealkylation sites (N-methyl/N-ethyl adjacent to an activating group) is 1. The monoisotopic (exact) mass is 292 g/mol. The number of amides is 1. The van der Waals surface area contributed by atoms with Crippen LogP contribution < -0.4 is 10.6 Å². The molecule has 1 aromatic heterocycles. The molecule has 21 heavy (non-hydrogen) atoms. The SMILES string of the molecule is CCCNc1cc(C)ncc1C(=O)NCCN(CC)CC. The highest BCUT2D eigenvalue weighted by Gasteiger charge is 2.12. The largest absolute Gasteiger partial charge is 0.384 e. The molecule has 0 spiro atoms. The maximum atomic E-state index is 12.3. The van der Waals surface area contributed by atoms with Crippen LogP contribution in [-0.2, 0) is 0 Å². The zero-order valence-corrected chi connectivity index (χ0v) is 13.7. The van der Waals surface area contributed by atoms with Crippen molar-refractivity contribution in [2.45, 2.75) is 34.1 Å². The molecule has 0 aliphatic heterocycles. The fourth-order valence-electron chi connectivity index (χ4n) is 2.11. The summed E-state index contributed by atoms with van der Waals surface area (Å²) in [4.78, 5) is 18.8. The van der Waals surface area contributed by atoms with Crippen LogP contribution in [0.2, 0.25) is 0 Å². The van der Waals surface area contributed by atoms with Gasteiger partial charge in [0.25, 0.3) is 5.91 Å². The second-order valence-corrected chi connectivity index (χ2v) is 5.08. The lowest BCUT2D eigenvalue weighted by Crippen LogP contribution is -2.35. The smallest absolute Gasteiger partial charge is 0.254 e. The third kappa shape index (κ3) is 5.71. The van der Waals surface area contributed by atoms with E-state index in [4.69, 9.17) is 0 Å². The molecule has 0 aliphatic rings. The minimum absolute atomic E-state index is 0.0618. The lowest BCUT2D eigenvalue weighted by atomic mass is 10.2. The van der Waals surface area contributed by atoms with E-state index in [1.165, 1.54) is 0 Å². The summed E-state index contributed by atoms with van der Waals surface area (Å²) in [5.41, 5.74) is 2.39. The highest BCUT2D eigenvalue weighted by atomic mass is 16.1. The van der Waals surface area contributed by atoms with Gasteiger partial charge in [0.2, 0.25) is 0 Å². The fraction of sp³-hybridized carbons (Fsp3) is 0.625. The topological polar surface area (TPSA) is 57.3 Å². The number of hydrogen-bond donors (Lipinski definition) is 2. The molecular weight excluding hydrogens is 264 g/mol. The summed E-state index contributed by atoms with van der Waals surface area (Å²) in [6.45, 7) is 12.7. The number of anilines is 1. The molecule has 5 heteroatoms. The predicted octanol–water partition coefficient (Wildman–Crippen LogP) is 2.28. The van der Waals surface area contributed by atoms with E-state index >= 15 is 0 Å². The Kier molecular flexibility index (Phi) is 7.75. The summed E-state index contributed by atoms with van der Waals surface area (Å²) in [5, 5.41) is 6.27. The first-order valence-corrected chi connectivity index (χ1v) is 7.83. The summed E-state index contributed by atoms with van der Waals surface area (Å²) in [6.07, 6.45) is 2.67. The van der Waals surface area contributed by atoms with Gasteiger partial charge in [0.15, 0.2) is 0 Å². The van der Waals surface area contributed by atoms with Gasteiger partial charge in [-0.25, -0.2) is 0 Å². The van der Waals surface area contributed by atoms with Crippen molar-refractivity contribution in [1.29, 1.82) is 0 Å². The number of rotatable bonds is 9. The Morgan fingerprint density at radius 2 is 1.95 bits per heavy atom. The predicted molar refractivity (Wildman–Crippen MR) is 87.9 cm³/mol. The molecule has 0 fully saturated rings. The van der Waals surface area contributed by atoms with E-state index in [0.717, 1.165) is 44.0 Å². The van der Waals surface area contributed by atoms with Crippen LogP contribution in [0.1, 0.15) is 43.2 Å². The number of aromatic nitrogens is 1. The average Bonchev–Trinajstić information content (AvgIpc) is 2.49. The molecule has 0 atom stereocenters. The van der Waals surface area contributed by atoms with Gasteiger partial charge in [0, 0.05) is 31.5 Å². The fourth-order valence-corrected chi connectivity index (χ4v) is 2.11. The minimum Gasteiger partial charge on any atom is -0.384 e. The van der Waals surface area contributed by atoms with Gasteiger partial charge < -0.3 is 15.5 Å². The summed E-state index contributed by atoms with van der Waals surface area (Å²) in [7, 11) is 0. The van der Waals surface area contributed by atoms with E-state index < -0.39 is 0 Å². The van der Waals surface area contributed by atoms with Gasteiger partial charge in [0.05, 0.1) is 11.3 Å². The van der Waals surface area contributed by atoms with Crippen LogP contribution in [-0.4, -0.2) is 48.5 Å². The molecule has 1 rings (SSSR count). The quantitative estimate of drug-likeness (QED) is 0.733. The zero-order valence-electron chi connectivity index (χ0n) is 13.7. The van der Waals surface area contributed by atoms with Gasteiger partial charge in [-0.1, -0.05) is 20.8 Å².